The number of allylic oxidation sites excluding steroid dienone is 1. The minimum Gasteiger partial charge on any atom is -0.507 e. The van der Waals surface area contributed by atoms with Crippen LogP contribution in [0.2, 0.25) is 0 Å². The number of carbonyl (C=O) groups is 1. The van der Waals surface area contributed by atoms with Crippen LogP contribution in [-0.4, -0.2) is 60.6 Å². The number of carbonyl (C=O) groups excluding carboxylic acids is 1. The molecule has 1 aromatic heterocycles. The molecule has 9 heteroatoms. The molecule has 0 unspecified atom stereocenters. The molecule has 2 aliphatic rings. The quantitative estimate of drug-likeness (QED) is 0.584. The van der Waals surface area contributed by atoms with E-state index in [0.717, 1.165) is 32.4 Å². The second-order valence-corrected chi connectivity index (χ2v) is 9.93. The Bertz CT molecular complexity index is 1370. The number of rotatable bonds is 4. The minimum absolute atomic E-state index is 0.0880. The van der Waals surface area contributed by atoms with E-state index in [4.69, 9.17) is 4.74 Å². The number of hydrogen-bond acceptors (Lipinski definition) is 7. The number of Topliss-reactive ketones (excluding diaryl/α,β-unsaturated/α-hetero) is 1. The molecule has 1 fully saturated rings. The molecule has 32 heavy (non-hydrogen) atoms. The van der Waals surface area contributed by atoms with Crippen molar-refractivity contribution in [2.45, 2.75) is 6.54 Å². The van der Waals surface area contributed by atoms with E-state index in [0.29, 0.717) is 39.9 Å². The molecule has 0 radical (unpaired) electrons. The van der Waals surface area contributed by atoms with Crippen LogP contribution in [-0.2, 0) is 16.6 Å². The highest BCUT2D eigenvalue weighted by Crippen LogP contribution is 2.40. The molecular formula is C23H23N3O5S. The molecular weight excluding hydrogens is 430 g/mol. The van der Waals surface area contributed by atoms with Gasteiger partial charge in [0.1, 0.15) is 11.5 Å². The summed E-state index contributed by atoms with van der Waals surface area (Å²) in [6.07, 6.45) is 4.19. The Kier molecular flexibility index (Phi) is 5.04. The Morgan fingerprint density at radius 2 is 1.91 bits per heavy atom. The predicted octanol–water partition coefficient (Wildman–Crippen LogP) is 2.18. The van der Waals surface area contributed by atoms with Crippen LogP contribution in [0.3, 0.4) is 0 Å². The first-order valence-corrected chi connectivity index (χ1v) is 12.2. The van der Waals surface area contributed by atoms with Crippen LogP contribution in [0, 0.1) is 0 Å². The van der Waals surface area contributed by atoms with Crippen molar-refractivity contribution in [1.29, 1.82) is 0 Å². The van der Waals surface area contributed by atoms with Gasteiger partial charge in [-0.2, -0.15) is 0 Å². The van der Waals surface area contributed by atoms with Crippen molar-refractivity contribution >= 4 is 32.8 Å². The van der Waals surface area contributed by atoms with E-state index in [1.807, 2.05) is 6.07 Å². The summed E-state index contributed by atoms with van der Waals surface area (Å²) in [4.78, 5) is 15.3. The number of phenolic OH excluding ortho intramolecular Hbond substituents is 1. The van der Waals surface area contributed by atoms with Gasteiger partial charge >= 0.3 is 0 Å². The van der Waals surface area contributed by atoms with Crippen molar-refractivity contribution in [1.82, 2.24) is 14.2 Å². The lowest BCUT2D eigenvalue weighted by Gasteiger charge is -2.27. The fourth-order valence-corrected chi connectivity index (χ4v) is 5.07. The average Bonchev–Trinajstić information content (AvgIpc) is 3.30. The molecule has 0 saturated carbocycles. The largest absolute Gasteiger partial charge is 0.507 e. The molecule has 2 aliphatic heterocycles. The molecule has 2 aromatic carbocycles. The lowest BCUT2D eigenvalue weighted by Crippen LogP contribution is -2.42. The molecule has 3 heterocycles. The molecule has 1 saturated heterocycles. The second-order valence-electron chi connectivity index (χ2n) is 8.07. The van der Waals surface area contributed by atoms with Crippen LogP contribution >= 0.6 is 0 Å². The van der Waals surface area contributed by atoms with Gasteiger partial charge < -0.3 is 15.2 Å². The number of ether oxygens (including phenoxy) is 1. The zero-order valence-corrected chi connectivity index (χ0v) is 18.4. The minimum atomic E-state index is -3.52. The summed E-state index contributed by atoms with van der Waals surface area (Å²) in [6, 6.07) is 10.2. The smallest absolute Gasteiger partial charge is 0.236 e. The first kappa shape index (κ1) is 20.7. The topological polar surface area (TPSA) is 101 Å². The zero-order valence-electron chi connectivity index (χ0n) is 17.5. The summed E-state index contributed by atoms with van der Waals surface area (Å²) in [5.41, 5.74) is 2.07. The van der Waals surface area contributed by atoms with Crippen LogP contribution in [0.4, 0.5) is 0 Å². The Hall–Kier alpha value is -3.14. The van der Waals surface area contributed by atoms with Gasteiger partial charge in [-0.05, 0) is 24.3 Å². The highest BCUT2D eigenvalue weighted by atomic mass is 32.2. The van der Waals surface area contributed by atoms with E-state index < -0.39 is 10.0 Å². The zero-order chi connectivity index (χ0) is 22.5. The number of piperazine rings is 1. The van der Waals surface area contributed by atoms with Crippen molar-refractivity contribution in [3.63, 3.8) is 0 Å². The van der Waals surface area contributed by atoms with Crippen LogP contribution in [0.15, 0.2) is 48.4 Å². The summed E-state index contributed by atoms with van der Waals surface area (Å²) in [5, 5.41) is 14.5. The summed E-state index contributed by atoms with van der Waals surface area (Å²) in [7, 11) is -3.52. The Morgan fingerprint density at radius 1 is 1.16 bits per heavy atom. The maximum Gasteiger partial charge on any atom is 0.236 e. The van der Waals surface area contributed by atoms with Crippen molar-refractivity contribution in [2.24, 2.45) is 0 Å². The number of nitrogens with zero attached hydrogens (tertiary/aromatic N) is 2. The second kappa shape index (κ2) is 7.77. The Balaban J connectivity index is 1.55. The standard InChI is InChI=1S/C23H23N3O5S/c1-32(29,30)26-13-15(16-4-2-3-5-19(16)26)12-21-22(28)17-6-7-20(27)18(23(17)31-21)14-25-10-8-24-9-11-25/h2-7,12-13,24,27H,8-11,14H2,1H3/b21-12-. The summed E-state index contributed by atoms with van der Waals surface area (Å²) in [5.74, 6) is 0.262. The van der Waals surface area contributed by atoms with E-state index in [9.17, 15) is 18.3 Å². The van der Waals surface area contributed by atoms with Gasteiger partial charge in [0.15, 0.2) is 5.76 Å². The molecule has 0 amide bonds. The van der Waals surface area contributed by atoms with Crippen molar-refractivity contribution < 1.29 is 23.1 Å². The maximum absolute atomic E-state index is 13.1. The van der Waals surface area contributed by atoms with E-state index in [-0.39, 0.29) is 17.3 Å². The van der Waals surface area contributed by atoms with Crippen LogP contribution in [0.25, 0.3) is 17.0 Å². The van der Waals surface area contributed by atoms with Gasteiger partial charge in [0.25, 0.3) is 0 Å². The van der Waals surface area contributed by atoms with Crippen molar-refractivity contribution in [3.05, 3.63) is 65.0 Å². The highest BCUT2D eigenvalue weighted by molar-refractivity contribution is 7.89. The monoisotopic (exact) mass is 453 g/mol. The van der Waals surface area contributed by atoms with Crippen LogP contribution in [0.5, 0.6) is 11.5 Å². The van der Waals surface area contributed by atoms with E-state index in [1.54, 1.807) is 30.3 Å². The molecule has 0 bridgehead atoms. The summed E-state index contributed by atoms with van der Waals surface area (Å²) in [6.45, 7) is 3.89. The van der Waals surface area contributed by atoms with Gasteiger partial charge in [-0.1, -0.05) is 18.2 Å². The molecule has 8 nitrogen and oxygen atoms in total. The van der Waals surface area contributed by atoms with Crippen LogP contribution in [0.1, 0.15) is 21.5 Å². The molecule has 3 aromatic rings. The number of benzene rings is 2. The molecule has 5 rings (SSSR count). The normalized spacial score (nSPS) is 18.3. The molecule has 0 spiro atoms. The van der Waals surface area contributed by atoms with Gasteiger partial charge in [-0.25, -0.2) is 12.4 Å². The van der Waals surface area contributed by atoms with Gasteiger partial charge in [0.05, 0.1) is 22.9 Å². The fourth-order valence-electron chi connectivity index (χ4n) is 4.25. The lowest BCUT2D eigenvalue weighted by molar-refractivity contribution is 0.101. The van der Waals surface area contributed by atoms with E-state index >= 15 is 0 Å². The Labute approximate surface area is 185 Å². The SMILES string of the molecule is CS(=O)(=O)n1cc(/C=C2\Oc3c(ccc(O)c3CN3CCNCC3)C2=O)c2ccccc21. The van der Waals surface area contributed by atoms with Gasteiger partial charge in [0.2, 0.25) is 15.8 Å². The van der Waals surface area contributed by atoms with E-state index in [2.05, 4.69) is 10.2 Å². The van der Waals surface area contributed by atoms with Gasteiger partial charge in [-0.15, -0.1) is 0 Å². The van der Waals surface area contributed by atoms with Gasteiger partial charge in [-0.3, -0.25) is 9.69 Å². The highest BCUT2D eigenvalue weighted by Gasteiger charge is 2.32. The summed E-state index contributed by atoms with van der Waals surface area (Å²) < 4.78 is 31.6. The first-order valence-electron chi connectivity index (χ1n) is 10.4. The number of ketones is 1. The molecule has 2 N–H and O–H groups in total. The van der Waals surface area contributed by atoms with Gasteiger partial charge in [0, 0.05) is 49.9 Å². The lowest BCUT2D eigenvalue weighted by atomic mass is 10.0. The number of fused-ring (bicyclic) bond motifs is 2. The fraction of sp³-hybridized carbons (Fsp3) is 0.261. The van der Waals surface area contributed by atoms with Crippen molar-refractivity contribution in [3.8, 4) is 11.5 Å². The third kappa shape index (κ3) is 3.58. The molecule has 0 atom stereocenters. The summed E-state index contributed by atoms with van der Waals surface area (Å²) >= 11 is 0. The van der Waals surface area contributed by atoms with Crippen molar-refractivity contribution in [2.75, 3.05) is 32.4 Å². The predicted molar refractivity (Wildman–Crippen MR) is 121 cm³/mol. The number of nitrogens with one attached hydrogen (secondary N) is 1. The number of phenols is 1. The number of para-hydroxylation sites is 1. The third-order valence-electron chi connectivity index (χ3n) is 5.86. The van der Waals surface area contributed by atoms with Crippen LogP contribution < -0.4 is 10.1 Å². The maximum atomic E-state index is 13.1. The van der Waals surface area contributed by atoms with E-state index in [1.165, 1.54) is 16.2 Å². The third-order valence-corrected chi connectivity index (χ3v) is 6.88. The molecule has 0 aliphatic carbocycles. The Morgan fingerprint density at radius 3 is 2.66 bits per heavy atom. The number of aromatic hydroxyl groups is 1. The first-order chi connectivity index (χ1) is 15.3. The molecule has 166 valence electrons. The number of hydrogen-bond donors (Lipinski definition) is 2. The number of aromatic nitrogens is 1. The average molecular weight is 454 g/mol.